The molecule has 0 spiro atoms. The van der Waals surface area contributed by atoms with Crippen LogP contribution in [0.2, 0.25) is 0 Å². The fourth-order valence-electron chi connectivity index (χ4n) is 4.45. The Morgan fingerprint density at radius 2 is 1.93 bits per heavy atom. The molecular formula is C20H30N4O3. The summed E-state index contributed by atoms with van der Waals surface area (Å²) in [7, 11) is 0. The minimum atomic E-state index is -0.177. The van der Waals surface area contributed by atoms with Crippen molar-refractivity contribution < 1.29 is 14.1 Å². The quantitative estimate of drug-likeness (QED) is 0.841. The molecular weight excluding hydrogens is 344 g/mol. The summed E-state index contributed by atoms with van der Waals surface area (Å²) >= 11 is 0. The van der Waals surface area contributed by atoms with Gasteiger partial charge in [0.25, 0.3) is 5.91 Å². The third-order valence-corrected chi connectivity index (χ3v) is 6.36. The molecule has 2 saturated carbocycles. The van der Waals surface area contributed by atoms with Gasteiger partial charge in [-0.25, -0.2) is 0 Å². The van der Waals surface area contributed by atoms with E-state index in [1.165, 1.54) is 0 Å². The van der Waals surface area contributed by atoms with Gasteiger partial charge in [0, 0.05) is 42.6 Å². The van der Waals surface area contributed by atoms with E-state index in [0.29, 0.717) is 18.2 Å². The molecule has 148 valence electrons. The van der Waals surface area contributed by atoms with Gasteiger partial charge in [0.15, 0.2) is 5.69 Å². The van der Waals surface area contributed by atoms with E-state index in [2.05, 4.69) is 17.4 Å². The number of nitrogens with one attached hydrogen (secondary N) is 1. The highest BCUT2D eigenvalue weighted by Crippen LogP contribution is 2.40. The molecule has 27 heavy (non-hydrogen) atoms. The van der Waals surface area contributed by atoms with E-state index in [-0.39, 0.29) is 35.9 Å². The summed E-state index contributed by atoms with van der Waals surface area (Å²) in [6, 6.07) is 2.22. The van der Waals surface area contributed by atoms with E-state index < -0.39 is 0 Å². The Hall–Kier alpha value is -1.89. The van der Waals surface area contributed by atoms with Crippen LogP contribution in [0.5, 0.6) is 0 Å². The second-order valence-electron chi connectivity index (χ2n) is 8.58. The van der Waals surface area contributed by atoms with Crippen LogP contribution in [0.25, 0.3) is 0 Å². The van der Waals surface area contributed by atoms with Gasteiger partial charge >= 0.3 is 0 Å². The number of hydrogen-bond donors (Lipinski definition) is 2. The smallest absolute Gasteiger partial charge is 0.273 e. The van der Waals surface area contributed by atoms with Gasteiger partial charge in [-0.15, -0.1) is 0 Å². The van der Waals surface area contributed by atoms with Crippen molar-refractivity contribution in [2.75, 3.05) is 6.54 Å². The second-order valence-corrected chi connectivity index (χ2v) is 8.58. The van der Waals surface area contributed by atoms with Crippen LogP contribution in [-0.4, -0.2) is 46.5 Å². The van der Waals surface area contributed by atoms with Crippen molar-refractivity contribution >= 4 is 11.8 Å². The summed E-state index contributed by atoms with van der Waals surface area (Å²) in [5.41, 5.74) is 6.32. The second kappa shape index (κ2) is 7.62. The maximum absolute atomic E-state index is 12.9. The minimum absolute atomic E-state index is 0.0670. The van der Waals surface area contributed by atoms with Crippen LogP contribution in [-0.2, 0) is 4.79 Å². The molecule has 1 aromatic rings. The summed E-state index contributed by atoms with van der Waals surface area (Å²) in [5.74, 6) is 1.48. The molecule has 2 atom stereocenters. The zero-order valence-corrected chi connectivity index (χ0v) is 16.0. The number of rotatable bonds is 4. The highest BCUT2D eigenvalue weighted by atomic mass is 16.5. The monoisotopic (exact) mass is 374 g/mol. The molecule has 1 saturated heterocycles. The molecule has 3 fully saturated rings. The molecule has 7 heteroatoms. The number of carbonyl (C=O) groups is 2. The van der Waals surface area contributed by atoms with E-state index >= 15 is 0 Å². The topological polar surface area (TPSA) is 101 Å². The van der Waals surface area contributed by atoms with Gasteiger partial charge in [-0.05, 0) is 58.3 Å². The lowest BCUT2D eigenvalue weighted by Crippen LogP contribution is -2.52. The van der Waals surface area contributed by atoms with Gasteiger partial charge in [-0.3, -0.25) is 9.59 Å². The number of hydrogen-bond acceptors (Lipinski definition) is 5. The number of piperidine rings is 1. The predicted molar refractivity (Wildman–Crippen MR) is 100 cm³/mol. The fourth-order valence-corrected chi connectivity index (χ4v) is 4.45. The lowest BCUT2D eigenvalue weighted by atomic mass is 9.84. The van der Waals surface area contributed by atoms with Crippen molar-refractivity contribution in [2.45, 2.75) is 82.3 Å². The Labute approximate surface area is 160 Å². The molecule has 7 nitrogen and oxygen atoms in total. The number of carbonyl (C=O) groups excluding carboxylic acids is 2. The zero-order chi connectivity index (χ0) is 19.0. The normalized spacial score (nSPS) is 31.6. The molecule has 0 bridgehead atoms. The molecule has 0 radical (unpaired) electrons. The summed E-state index contributed by atoms with van der Waals surface area (Å²) in [6.45, 7) is 2.77. The maximum Gasteiger partial charge on any atom is 0.273 e. The standard InChI is InChI=1S/C20H30N4O3/c1-12-10-16(22-19(25)17-11-18(27-23-17)13-2-3-13)8-9-24(12)20(26)14-4-6-15(21)7-5-14/h11-16H,2-10,21H2,1H3,(H,22,25)/t12-,14?,15?,16+/m1/s1. The third kappa shape index (κ3) is 4.18. The van der Waals surface area contributed by atoms with E-state index in [1.54, 1.807) is 6.07 Å². The van der Waals surface area contributed by atoms with Gasteiger partial charge in [0.2, 0.25) is 5.91 Å². The Kier molecular flexibility index (Phi) is 5.21. The first-order valence-electron chi connectivity index (χ1n) is 10.3. The SMILES string of the molecule is C[C@@H]1C[C@@H](NC(=O)c2cc(C3CC3)on2)CCN1C(=O)C1CCC(N)CC1. The lowest BCUT2D eigenvalue weighted by molar-refractivity contribution is -0.140. The van der Waals surface area contributed by atoms with Crippen LogP contribution in [0.3, 0.4) is 0 Å². The van der Waals surface area contributed by atoms with Gasteiger partial charge in [-0.1, -0.05) is 5.16 Å². The number of aromatic nitrogens is 1. The number of amides is 2. The highest BCUT2D eigenvalue weighted by Gasteiger charge is 2.35. The van der Waals surface area contributed by atoms with Crippen molar-refractivity contribution in [2.24, 2.45) is 11.7 Å². The first-order valence-corrected chi connectivity index (χ1v) is 10.3. The minimum Gasteiger partial charge on any atom is -0.360 e. The van der Waals surface area contributed by atoms with Crippen LogP contribution in [0.4, 0.5) is 0 Å². The summed E-state index contributed by atoms with van der Waals surface area (Å²) in [6.07, 6.45) is 7.48. The number of likely N-dealkylation sites (tertiary alicyclic amines) is 1. The van der Waals surface area contributed by atoms with Crippen LogP contribution in [0.15, 0.2) is 10.6 Å². The summed E-state index contributed by atoms with van der Waals surface area (Å²) in [5, 5.41) is 6.98. The average Bonchev–Trinajstić information content (AvgIpc) is 3.38. The lowest BCUT2D eigenvalue weighted by Gasteiger charge is -2.40. The first-order chi connectivity index (χ1) is 13.0. The summed E-state index contributed by atoms with van der Waals surface area (Å²) in [4.78, 5) is 27.3. The predicted octanol–water partition coefficient (Wildman–Crippen LogP) is 2.18. The van der Waals surface area contributed by atoms with Gasteiger partial charge < -0.3 is 20.5 Å². The van der Waals surface area contributed by atoms with Crippen LogP contribution in [0, 0.1) is 5.92 Å². The zero-order valence-electron chi connectivity index (χ0n) is 16.0. The molecule has 2 aliphatic carbocycles. The third-order valence-electron chi connectivity index (χ3n) is 6.36. The Balaban J connectivity index is 1.28. The fraction of sp³-hybridized carbons (Fsp3) is 0.750. The van der Waals surface area contributed by atoms with Crippen molar-refractivity contribution in [3.63, 3.8) is 0 Å². The largest absolute Gasteiger partial charge is 0.360 e. The highest BCUT2D eigenvalue weighted by molar-refractivity contribution is 5.92. The molecule has 1 aliphatic heterocycles. The molecule has 3 N–H and O–H groups in total. The summed E-state index contributed by atoms with van der Waals surface area (Å²) < 4.78 is 5.27. The van der Waals surface area contributed by atoms with Gasteiger partial charge in [0.05, 0.1) is 0 Å². The van der Waals surface area contributed by atoms with Crippen molar-refractivity contribution in [1.82, 2.24) is 15.4 Å². The van der Waals surface area contributed by atoms with E-state index in [0.717, 1.165) is 57.1 Å². The molecule has 0 unspecified atom stereocenters. The molecule has 2 heterocycles. The number of nitrogens with zero attached hydrogens (tertiary/aromatic N) is 2. The van der Waals surface area contributed by atoms with Crippen molar-refractivity contribution in [3.05, 3.63) is 17.5 Å². The maximum atomic E-state index is 12.9. The molecule has 4 rings (SSSR count). The van der Waals surface area contributed by atoms with Crippen LogP contribution >= 0.6 is 0 Å². The Morgan fingerprint density at radius 3 is 2.59 bits per heavy atom. The van der Waals surface area contributed by atoms with Gasteiger partial charge in [-0.2, -0.15) is 0 Å². The molecule has 2 amide bonds. The molecule has 3 aliphatic rings. The molecule has 1 aromatic heterocycles. The first kappa shape index (κ1) is 18.5. The van der Waals surface area contributed by atoms with Gasteiger partial charge in [0.1, 0.15) is 5.76 Å². The van der Waals surface area contributed by atoms with E-state index in [9.17, 15) is 9.59 Å². The molecule has 0 aromatic carbocycles. The van der Waals surface area contributed by atoms with Crippen LogP contribution in [0.1, 0.15) is 80.5 Å². The Morgan fingerprint density at radius 1 is 1.19 bits per heavy atom. The number of nitrogens with two attached hydrogens (primary N) is 1. The van der Waals surface area contributed by atoms with Crippen LogP contribution < -0.4 is 11.1 Å². The van der Waals surface area contributed by atoms with Crippen molar-refractivity contribution in [3.8, 4) is 0 Å². The van der Waals surface area contributed by atoms with Crippen molar-refractivity contribution in [1.29, 1.82) is 0 Å². The average molecular weight is 374 g/mol. The van der Waals surface area contributed by atoms with E-state index in [1.807, 2.05) is 4.90 Å². The van der Waals surface area contributed by atoms with E-state index in [4.69, 9.17) is 10.3 Å². The Bertz CT molecular complexity index is 691.